The fourth-order valence-corrected chi connectivity index (χ4v) is 6.17. The van der Waals surface area contributed by atoms with Crippen LogP contribution in [0.1, 0.15) is 34.2 Å². The maximum absolute atomic E-state index is 13.8. The highest BCUT2D eigenvalue weighted by molar-refractivity contribution is 7.92. The van der Waals surface area contributed by atoms with Crippen molar-refractivity contribution in [3.63, 3.8) is 0 Å². The highest BCUT2D eigenvalue weighted by atomic mass is 32.2. The van der Waals surface area contributed by atoms with Crippen LogP contribution in [0.25, 0.3) is 10.2 Å². The SMILES string of the molecule is O=C(c1ccc(S(=O)(=O)Nc2ccccc2F)cc1)N1CCCC1c1nc2ccccc2s1. The predicted octanol–water partition coefficient (Wildman–Crippen LogP) is 5.21. The summed E-state index contributed by atoms with van der Waals surface area (Å²) in [6, 6.07) is 19.1. The van der Waals surface area contributed by atoms with Crippen molar-refractivity contribution in [1.82, 2.24) is 9.88 Å². The first-order chi connectivity index (χ1) is 15.9. The molecule has 1 atom stereocenters. The number of carbonyl (C=O) groups excluding carboxylic acids is 1. The van der Waals surface area contributed by atoms with Crippen LogP contribution in [0, 0.1) is 5.82 Å². The molecule has 1 unspecified atom stereocenters. The molecule has 1 N–H and O–H groups in total. The smallest absolute Gasteiger partial charge is 0.261 e. The summed E-state index contributed by atoms with van der Waals surface area (Å²) in [5.74, 6) is -0.828. The summed E-state index contributed by atoms with van der Waals surface area (Å²) in [6.07, 6.45) is 1.72. The van der Waals surface area contributed by atoms with Crippen molar-refractivity contribution >= 4 is 43.2 Å². The van der Waals surface area contributed by atoms with Gasteiger partial charge in [0.05, 0.1) is 26.8 Å². The van der Waals surface area contributed by atoms with Gasteiger partial charge in [0, 0.05) is 12.1 Å². The minimum Gasteiger partial charge on any atom is -0.329 e. The molecule has 1 amide bonds. The molecule has 2 heterocycles. The van der Waals surface area contributed by atoms with Crippen LogP contribution in [0.2, 0.25) is 0 Å². The van der Waals surface area contributed by atoms with Crippen molar-refractivity contribution in [1.29, 1.82) is 0 Å². The molecule has 0 spiro atoms. The van der Waals surface area contributed by atoms with E-state index in [1.54, 1.807) is 22.3 Å². The fraction of sp³-hybridized carbons (Fsp3) is 0.167. The number of amides is 1. The number of sulfonamides is 1. The second-order valence-corrected chi connectivity index (χ2v) is 10.5. The molecule has 0 aliphatic carbocycles. The molecule has 5 rings (SSSR count). The van der Waals surface area contributed by atoms with Gasteiger partial charge < -0.3 is 4.90 Å². The molecule has 168 valence electrons. The highest BCUT2D eigenvalue weighted by Crippen LogP contribution is 2.37. The number of thiazole rings is 1. The number of rotatable bonds is 5. The van der Waals surface area contributed by atoms with E-state index in [0.29, 0.717) is 12.1 Å². The number of fused-ring (bicyclic) bond motifs is 1. The third-order valence-electron chi connectivity index (χ3n) is 5.64. The number of carbonyl (C=O) groups is 1. The first kappa shape index (κ1) is 21.5. The molecule has 1 aliphatic heterocycles. The van der Waals surface area contributed by atoms with E-state index in [-0.39, 0.29) is 22.5 Å². The number of likely N-dealkylation sites (tertiary alicyclic amines) is 1. The molecule has 0 saturated carbocycles. The fourth-order valence-electron chi connectivity index (χ4n) is 3.99. The number of aromatic nitrogens is 1. The van der Waals surface area contributed by atoms with E-state index in [9.17, 15) is 17.6 Å². The van der Waals surface area contributed by atoms with Gasteiger partial charge in [0.15, 0.2) is 0 Å². The molecule has 1 aliphatic rings. The molecule has 1 fully saturated rings. The van der Waals surface area contributed by atoms with Crippen LogP contribution in [-0.4, -0.2) is 30.8 Å². The van der Waals surface area contributed by atoms with Crippen molar-refractivity contribution in [2.24, 2.45) is 0 Å². The largest absolute Gasteiger partial charge is 0.329 e. The average Bonchev–Trinajstić information content (AvgIpc) is 3.47. The van der Waals surface area contributed by atoms with E-state index >= 15 is 0 Å². The van der Waals surface area contributed by atoms with Crippen LogP contribution in [0.15, 0.2) is 77.7 Å². The van der Waals surface area contributed by atoms with E-state index in [2.05, 4.69) is 4.72 Å². The number of halogens is 1. The summed E-state index contributed by atoms with van der Waals surface area (Å²) >= 11 is 1.60. The van der Waals surface area contributed by atoms with Gasteiger partial charge in [-0.05, 0) is 61.4 Å². The molecule has 9 heteroatoms. The molecular weight excluding hydrogens is 461 g/mol. The summed E-state index contributed by atoms with van der Waals surface area (Å²) in [4.78, 5) is 19.7. The zero-order valence-electron chi connectivity index (χ0n) is 17.4. The Morgan fingerprint density at radius 1 is 1.03 bits per heavy atom. The highest BCUT2D eigenvalue weighted by Gasteiger charge is 2.33. The van der Waals surface area contributed by atoms with Crippen LogP contribution >= 0.6 is 11.3 Å². The van der Waals surface area contributed by atoms with Gasteiger partial charge in [-0.15, -0.1) is 11.3 Å². The Labute approximate surface area is 194 Å². The first-order valence-corrected chi connectivity index (χ1v) is 12.8. The number of nitrogens with one attached hydrogen (secondary N) is 1. The van der Waals surface area contributed by atoms with E-state index in [0.717, 1.165) is 28.1 Å². The Morgan fingerprint density at radius 3 is 2.52 bits per heavy atom. The summed E-state index contributed by atoms with van der Waals surface area (Å²) in [7, 11) is -3.99. The number of hydrogen-bond donors (Lipinski definition) is 1. The first-order valence-electron chi connectivity index (χ1n) is 10.5. The van der Waals surface area contributed by atoms with Gasteiger partial charge in [-0.3, -0.25) is 9.52 Å². The summed E-state index contributed by atoms with van der Waals surface area (Å²) in [5.41, 5.74) is 1.19. The normalized spacial score (nSPS) is 16.3. The van der Waals surface area contributed by atoms with Crippen molar-refractivity contribution in [2.45, 2.75) is 23.8 Å². The van der Waals surface area contributed by atoms with Crippen LogP contribution in [-0.2, 0) is 10.0 Å². The van der Waals surface area contributed by atoms with Gasteiger partial charge in [-0.2, -0.15) is 0 Å². The Balaban J connectivity index is 1.36. The van der Waals surface area contributed by atoms with Gasteiger partial charge in [-0.1, -0.05) is 24.3 Å². The number of anilines is 1. The quantitative estimate of drug-likeness (QED) is 0.424. The molecule has 1 saturated heterocycles. The van der Waals surface area contributed by atoms with E-state index < -0.39 is 15.8 Å². The molecule has 3 aromatic carbocycles. The van der Waals surface area contributed by atoms with Crippen molar-refractivity contribution in [3.8, 4) is 0 Å². The van der Waals surface area contributed by atoms with Gasteiger partial charge in [-0.25, -0.2) is 17.8 Å². The second kappa shape index (κ2) is 8.57. The lowest BCUT2D eigenvalue weighted by atomic mass is 10.1. The molecule has 6 nitrogen and oxygen atoms in total. The second-order valence-electron chi connectivity index (χ2n) is 7.79. The van der Waals surface area contributed by atoms with E-state index in [1.165, 1.54) is 42.5 Å². The summed E-state index contributed by atoms with van der Waals surface area (Å²) in [5, 5.41) is 0.912. The molecule has 4 aromatic rings. The minimum absolute atomic E-state index is 0.0496. The van der Waals surface area contributed by atoms with Crippen molar-refractivity contribution in [3.05, 3.63) is 89.2 Å². The van der Waals surface area contributed by atoms with Crippen molar-refractivity contribution in [2.75, 3.05) is 11.3 Å². The maximum atomic E-state index is 13.8. The number of nitrogens with zero attached hydrogens (tertiary/aromatic N) is 2. The Morgan fingerprint density at radius 2 is 1.76 bits per heavy atom. The Kier molecular flexibility index (Phi) is 5.59. The van der Waals surface area contributed by atoms with Crippen molar-refractivity contribution < 1.29 is 17.6 Å². The third-order valence-corrected chi connectivity index (χ3v) is 8.16. The van der Waals surface area contributed by atoms with Crippen LogP contribution < -0.4 is 4.72 Å². The minimum atomic E-state index is -3.99. The Hall–Kier alpha value is -3.30. The average molecular weight is 482 g/mol. The van der Waals surface area contributed by atoms with Gasteiger partial charge in [0.1, 0.15) is 10.8 Å². The predicted molar refractivity (Wildman–Crippen MR) is 126 cm³/mol. The van der Waals surface area contributed by atoms with Gasteiger partial charge >= 0.3 is 0 Å². The molecular formula is C24H20FN3O3S2. The number of hydrogen-bond acceptors (Lipinski definition) is 5. The maximum Gasteiger partial charge on any atom is 0.261 e. The third kappa shape index (κ3) is 4.21. The lowest BCUT2D eigenvalue weighted by molar-refractivity contribution is 0.0735. The summed E-state index contributed by atoms with van der Waals surface area (Å²) < 4.78 is 42.4. The van der Waals surface area contributed by atoms with Gasteiger partial charge in [0.25, 0.3) is 15.9 Å². The summed E-state index contributed by atoms with van der Waals surface area (Å²) in [6.45, 7) is 0.619. The van der Waals surface area contributed by atoms with Crippen LogP contribution in [0.4, 0.5) is 10.1 Å². The topological polar surface area (TPSA) is 79.4 Å². The monoisotopic (exact) mass is 481 g/mol. The van der Waals surface area contributed by atoms with E-state index in [1.807, 2.05) is 24.3 Å². The number of para-hydroxylation sites is 2. The lowest BCUT2D eigenvalue weighted by Gasteiger charge is -2.23. The standard InChI is InChI=1S/C24H20FN3O3S2/c25-18-6-1-2-7-19(18)27-33(30,31)17-13-11-16(12-14-17)24(29)28-15-5-9-21(28)23-26-20-8-3-4-10-22(20)32-23/h1-4,6-8,10-14,21,27H,5,9,15H2. The number of benzene rings is 3. The van der Waals surface area contributed by atoms with E-state index in [4.69, 9.17) is 4.98 Å². The van der Waals surface area contributed by atoms with Crippen LogP contribution in [0.5, 0.6) is 0 Å². The molecule has 0 radical (unpaired) electrons. The van der Waals surface area contributed by atoms with Gasteiger partial charge in [0.2, 0.25) is 0 Å². The van der Waals surface area contributed by atoms with Crippen LogP contribution in [0.3, 0.4) is 0 Å². The molecule has 0 bridgehead atoms. The Bertz CT molecular complexity index is 1400. The lowest BCUT2D eigenvalue weighted by Crippen LogP contribution is -2.30. The molecule has 33 heavy (non-hydrogen) atoms. The molecule has 1 aromatic heterocycles. The zero-order chi connectivity index (χ0) is 23.0. The zero-order valence-corrected chi connectivity index (χ0v) is 19.1.